The number of hydrogen-bond acceptors (Lipinski definition) is 2. The molecule has 0 aliphatic heterocycles. The molecular weight excluding hydrogens is 340 g/mol. The molecule has 0 heterocycles. The van der Waals surface area contributed by atoms with Gasteiger partial charge in [0.1, 0.15) is 17.7 Å². The number of carbonyl (C=O) groups excluding carboxylic acids is 1. The molecule has 0 saturated heterocycles. The summed E-state index contributed by atoms with van der Waals surface area (Å²) in [5.41, 5.74) is 1.54. The first-order chi connectivity index (χ1) is 12.1. The van der Waals surface area contributed by atoms with Gasteiger partial charge in [-0.25, -0.2) is 13.6 Å². The van der Waals surface area contributed by atoms with Crippen LogP contribution in [0.4, 0.5) is 8.78 Å². The summed E-state index contributed by atoms with van der Waals surface area (Å²) >= 11 is 0. The molecule has 2 aromatic carbocycles. The van der Waals surface area contributed by atoms with Crippen LogP contribution < -0.4 is 5.32 Å². The summed E-state index contributed by atoms with van der Waals surface area (Å²) in [6.45, 7) is 6.21. The first-order valence-electron chi connectivity index (χ1n) is 8.15. The maximum absolute atomic E-state index is 13.2. The van der Waals surface area contributed by atoms with Crippen LogP contribution in [-0.4, -0.2) is 23.0 Å². The molecule has 0 fully saturated rings. The number of carbonyl (C=O) groups is 2. The molecule has 0 aliphatic rings. The Labute approximate surface area is 150 Å². The van der Waals surface area contributed by atoms with E-state index in [9.17, 15) is 23.5 Å². The summed E-state index contributed by atoms with van der Waals surface area (Å²) in [6, 6.07) is 8.59. The molecule has 0 bridgehead atoms. The second kappa shape index (κ2) is 7.64. The van der Waals surface area contributed by atoms with Crippen molar-refractivity contribution < 1.29 is 23.5 Å². The van der Waals surface area contributed by atoms with E-state index in [0.717, 1.165) is 23.3 Å². The quantitative estimate of drug-likeness (QED) is 0.854. The molecule has 2 aromatic rings. The molecule has 2 rings (SSSR count). The van der Waals surface area contributed by atoms with E-state index in [4.69, 9.17) is 0 Å². The second-order valence-corrected chi connectivity index (χ2v) is 7.17. The molecule has 4 nitrogen and oxygen atoms in total. The minimum atomic E-state index is -1.23. The van der Waals surface area contributed by atoms with Crippen molar-refractivity contribution in [2.75, 3.05) is 0 Å². The average Bonchev–Trinajstić information content (AvgIpc) is 2.52. The van der Waals surface area contributed by atoms with Gasteiger partial charge in [0.15, 0.2) is 0 Å². The van der Waals surface area contributed by atoms with E-state index in [1.165, 1.54) is 0 Å². The molecule has 0 saturated carbocycles. The Morgan fingerprint density at radius 3 is 2.04 bits per heavy atom. The molecule has 138 valence electrons. The Balaban J connectivity index is 2.14. The van der Waals surface area contributed by atoms with Crippen LogP contribution in [-0.2, 0) is 16.6 Å². The highest BCUT2D eigenvalue weighted by atomic mass is 19.1. The van der Waals surface area contributed by atoms with Crippen molar-refractivity contribution in [1.82, 2.24) is 5.32 Å². The number of aliphatic carboxylic acids is 1. The van der Waals surface area contributed by atoms with Gasteiger partial charge in [0.2, 0.25) is 0 Å². The van der Waals surface area contributed by atoms with Crippen LogP contribution in [0.2, 0.25) is 0 Å². The zero-order valence-electron chi connectivity index (χ0n) is 14.8. The van der Waals surface area contributed by atoms with E-state index in [-0.39, 0.29) is 17.4 Å². The van der Waals surface area contributed by atoms with Crippen LogP contribution >= 0.6 is 0 Å². The average molecular weight is 361 g/mol. The summed E-state index contributed by atoms with van der Waals surface area (Å²) in [5, 5.41) is 11.7. The van der Waals surface area contributed by atoms with Crippen molar-refractivity contribution in [1.29, 1.82) is 0 Å². The zero-order valence-corrected chi connectivity index (χ0v) is 14.8. The normalized spacial score (nSPS) is 12.5. The van der Waals surface area contributed by atoms with Crippen LogP contribution in [0.5, 0.6) is 0 Å². The third-order valence-corrected chi connectivity index (χ3v) is 3.99. The number of carboxylic acid groups (broad SMARTS) is 1. The third-order valence-electron chi connectivity index (χ3n) is 3.99. The van der Waals surface area contributed by atoms with E-state index in [0.29, 0.717) is 6.07 Å². The molecule has 6 heteroatoms. The summed E-state index contributed by atoms with van der Waals surface area (Å²) in [7, 11) is 0. The third kappa shape index (κ3) is 5.12. The van der Waals surface area contributed by atoms with Crippen LogP contribution in [0.25, 0.3) is 0 Å². The van der Waals surface area contributed by atoms with Crippen molar-refractivity contribution in [2.24, 2.45) is 0 Å². The topological polar surface area (TPSA) is 66.4 Å². The van der Waals surface area contributed by atoms with Gasteiger partial charge in [0.05, 0.1) is 0 Å². The predicted octanol–water partition coefficient (Wildman–Crippen LogP) is 3.69. The van der Waals surface area contributed by atoms with Gasteiger partial charge in [-0.3, -0.25) is 4.79 Å². The van der Waals surface area contributed by atoms with Crippen LogP contribution in [0.15, 0.2) is 42.5 Å². The Morgan fingerprint density at radius 1 is 1.04 bits per heavy atom. The Hall–Kier alpha value is -2.76. The highest BCUT2D eigenvalue weighted by Crippen LogP contribution is 2.22. The van der Waals surface area contributed by atoms with Crippen molar-refractivity contribution in [3.05, 3.63) is 70.8 Å². The van der Waals surface area contributed by atoms with Gasteiger partial charge in [-0.1, -0.05) is 45.0 Å². The summed E-state index contributed by atoms with van der Waals surface area (Å²) in [6.07, 6.45) is 0.0588. The van der Waals surface area contributed by atoms with E-state index in [1.54, 1.807) is 0 Å². The molecule has 2 N–H and O–H groups in total. The Kier molecular flexibility index (Phi) is 5.75. The molecule has 1 amide bonds. The molecule has 0 aromatic heterocycles. The smallest absolute Gasteiger partial charge is 0.326 e. The SMILES string of the molecule is CC(C)(C)c1ccc(C[C@H](NC(=O)c2cc(F)cc(F)c2)C(=O)O)cc1. The Morgan fingerprint density at radius 2 is 1.58 bits per heavy atom. The summed E-state index contributed by atoms with van der Waals surface area (Å²) < 4.78 is 26.5. The fourth-order valence-corrected chi connectivity index (χ4v) is 2.50. The van der Waals surface area contributed by atoms with Crippen molar-refractivity contribution in [3.63, 3.8) is 0 Å². The van der Waals surface area contributed by atoms with Crippen molar-refractivity contribution >= 4 is 11.9 Å². The highest BCUT2D eigenvalue weighted by Gasteiger charge is 2.22. The number of rotatable bonds is 5. The van der Waals surface area contributed by atoms with Gasteiger partial charge >= 0.3 is 5.97 Å². The molecular formula is C20H21F2NO3. The summed E-state index contributed by atoms with van der Waals surface area (Å²) in [4.78, 5) is 23.6. The van der Waals surface area contributed by atoms with Gasteiger partial charge in [-0.2, -0.15) is 0 Å². The number of hydrogen-bond donors (Lipinski definition) is 2. The minimum absolute atomic E-state index is 0.0274. The fraction of sp³-hybridized carbons (Fsp3) is 0.300. The Bertz CT molecular complexity index is 791. The molecule has 0 radical (unpaired) electrons. The van der Waals surface area contributed by atoms with E-state index < -0.39 is 29.6 Å². The van der Waals surface area contributed by atoms with Gasteiger partial charge in [-0.15, -0.1) is 0 Å². The lowest BCUT2D eigenvalue weighted by Crippen LogP contribution is -2.42. The second-order valence-electron chi connectivity index (χ2n) is 7.17. The van der Waals surface area contributed by atoms with Gasteiger partial charge in [0, 0.05) is 18.1 Å². The first kappa shape index (κ1) is 19.6. The number of nitrogens with one attached hydrogen (secondary N) is 1. The zero-order chi connectivity index (χ0) is 19.5. The lowest BCUT2D eigenvalue weighted by molar-refractivity contribution is -0.139. The highest BCUT2D eigenvalue weighted by molar-refractivity contribution is 5.96. The number of carboxylic acids is 1. The van der Waals surface area contributed by atoms with E-state index in [2.05, 4.69) is 26.1 Å². The molecule has 1 atom stereocenters. The lowest BCUT2D eigenvalue weighted by atomic mass is 9.86. The maximum Gasteiger partial charge on any atom is 0.326 e. The molecule has 0 aliphatic carbocycles. The standard InChI is InChI=1S/C20H21F2NO3/c1-20(2,3)14-6-4-12(5-7-14)8-17(19(25)26)23-18(24)13-9-15(21)11-16(22)10-13/h4-7,9-11,17H,8H2,1-3H3,(H,23,24)(H,25,26)/t17-/m0/s1. The number of amides is 1. The summed E-state index contributed by atoms with van der Waals surface area (Å²) in [5.74, 6) is -3.88. The van der Waals surface area contributed by atoms with Gasteiger partial charge in [-0.05, 0) is 28.7 Å². The molecule has 0 unspecified atom stereocenters. The largest absolute Gasteiger partial charge is 0.480 e. The van der Waals surface area contributed by atoms with Crippen LogP contribution in [0, 0.1) is 11.6 Å². The van der Waals surface area contributed by atoms with Crippen LogP contribution in [0.3, 0.4) is 0 Å². The van der Waals surface area contributed by atoms with Gasteiger partial charge in [0.25, 0.3) is 5.91 Å². The van der Waals surface area contributed by atoms with E-state index >= 15 is 0 Å². The molecule has 0 spiro atoms. The fourth-order valence-electron chi connectivity index (χ4n) is 2.50. The lowest BCUT2D eigenvalue weighted by Gasteiger charge is -2.20. The predicted molar refractivity (Wildman–Crippen MR) is 94.1 cm³/mol. The van der Waals surface area contributed by atoms with Crippen molar-refractivity contribution in [3.8, 4) is 0 Å². The van der Waals surface area contributed by atoms with Crippen LogP contribution in [0.1, 0.15) is 42.3 Å². The first-order valence-corrected chi connectivity index (χ1v) is 8.15. The number of benzene rings is 2. The van der Waals surface area contributed by atoms with Gasteiger partial charge < -0.3 is 10.4 Å². The monoisotopic (exact) mass is 361 g/mol. The van der Waals surface area contributed by atoms with E-state index in [1.807, 2.05) is 24.3 Å². The number of halogens is 2. The minimum Gasteiger partial charge on any atom is -0.480 e. The molecule has 26 heavy (non-hydrogen) atoms. The van der Waals surface area contributed by atoms with Crippen molar-refractivity contribution in [2.45, 2.75) is 38.6 Å². The maximum atomic E-state index is 13.2.